The molecular formula is C20H18ClN5O2. The number of benzene rings is 2. The van der Waals surface area contributed by atoms with Gasteiger partial charge in [0.2, 0.25) is 5.91 Å². The van der Waals surface area contributed by atoms with Crippen molar-refractivity contribution in [1.82, 2.24) is 9.97 Å². The van der Waals surface area contributed by atoms with Crippen molar-refractivity contribution < 1.29 is 9.59 Å². The summed E-state index contributed by atoms with van der Waals surface area (Å²) in [4.78, 5) is 31.7. The Hall–Kier alpha value is -3.45. The van der Waals surface area contributed by atoms with Crippen molar-refractivity contribution in [3.05, 3.63) is 71.1 Å². The van der Waals surface area contributed by atoms with Gasteiger partial charge in [-0.25, -0.2) is 9.97 Å². The van der Waals surface area contributed by atoms with Gasteiger partial charge in [-0.15, -0.1) is 0 Å². The van der Waals surface area contributed by atoms with Gasteiger partial charge in [-0.05, 0) is 55.0 Å². The molecule has 0 bridgehead atoms. The molecule has 8 heteroatoms. The van der Waals surface area contributed by atoms with Gasteiger partial charge in [0, 0.05) is 35.1 Å². The minimum atomic E-state index is -0.350. The lowest BCUT2D eigenvalue weighted by Crippen LogP contribution is -2.15. The zero-order chi connectivity index (χ0) is 20.1. The molecule has 3 aromatic rings. The largest absolute Gasteiger partial charge is 0.340 e. The molecule has 0 saturated heterocycles. The van der Waals surface area contributed by atoms with Gasteiger partial charge < -0.3 is 16.0 Å². The number of amides is 2. The molecule has 2 aromatic carbocycles. The van der Waals surface area contributed by atoms with Crippen LogP contribution < -0.4 is 16.0 Å². The number of carbonyl (C=O) groups is 2. The van der Waals surface area contributed by atoms with E-state index in [9.17, 15) is 9.59 Å². The fraction of sp³-hybridized carbons (Fsp3) is 0.100. The van der Waals surface area contributed by atoms with Crippen LogP contribution >= 0.6 is 11.6 Å². The number of halogens is 1. The lowest BCUT2D eigenvalue weighted by molar-refractivity contribution is -0.114. The van der Waals surface area contributed by atoms with Gasteiger partial charge in [0.05, 0.1) is 0 Å². The first-order chi connectivity index (χ1) is 13.4. The monoisotopic (exact) mass is 395 g/mol. The Morgan fingerprint density at radius 3 is 2.32 bits per heavy atom. The van der Waals surface area contributed by atoms with Crippen molar-refractivity contribution >= 4 is 46.3 Å². The molecule has 0 unspecified atom stereocenters. The van der Waals surface area contributed by atoms with E-state index in [2.05, 4.69) is 25.9 Å². The Labute approximate surface area is 167 Å². The summed E-state index contributed by atoms with van der Waals surface area (Å²) >= 11 is 5.94. The summed E-state index contributed by atoms with van der Waals surface area (Å²) in [5.41, 5.74) is 3.19. The highest BCUT2D eigenvalue weighted by Crippen LogP contribution is 2.21. The van der Waals surface area contributed by atoms with Crippen molar-refractivity contribution in [2.75, 3.05) is 16.0 Å². The minimum absolute atomic E-state index is 0.136. The Balaban J connectivity index is 1.71. The first-order valence-electron chi connectivity index (χ1n) is 8.45. The number of nitrogens with one attached hydrogen (secondary N) is 3. The molecule has 1 heterocycles. The summed E-state index contributed by atoms with van der Waals surface area (Å²) < 4.78 is 0. The molecule has 0 spiro atoms. The maximum absolute atomic E-state index is 12.5. The summed E-state index contributed by atoms with van der Waals surface area (Å²) in [6.45, 7) is 3.31. The van der Waals surface area contributed by atoms with Gasteiger partial charge in [0.25, 0.3) is 5.91 Å². The predicted molar refractivity (Wildman–Crippen MR) is 110 cm³/mol. The molecule has 3 N–H and O–H groups in total. The van der Waals surface area contributed by atoms with Gasteiger partial charge in [-0.1, -0.05) is 11.6 Å². The second-order valence-corrected chi connectivity index (χ2v) is 6.52. The van der Waals surface area contributed by atoms with E-state index in [-0.39, 0.29) is 17.5 Å². The number of aryl methyl sites for hydroxylation is 1. The molecule has 0 aliphatic rings. The van der Waals surface area contributed by atoms with Crippen LogP contribution in [0.4, 0.5) is 22.9 Å². The van der Waals surface area contributed by atoms with Crippen LogP contribution in [0.15, 0.2) is 54.9 Å². The van der Waals surface area contributed by atoms with Gasteiger partial charge in [-0.3, -0.25) is 9.59 Å². The van der Waals surface area contributed by atoms with Crippen LogP contribution in [0.1, 0.15) is 23.0 Å². The minimum Gasteiger partial charge on any atom is -0.340 e. The second kappa shape index (κ2) is 8.49. The Morgan fingerprint density at radius 1 is 0.929 bits per heavy atom. The maximum atomic E-state index is 12.5. The number of anilines is 4. The third kappa shape index (κ3) is 5.05. The van der Waals surface area contributed by atoms with E-state index < -0.39 is 0 Å². The Morgan fingerprint density at radius 2 is 1.64 bits per heavy atom. The van der Waals surface area contributed by atoms with Crippen molar-refractivity contribution in [1.29, 1.82) is 0 Å². The molecule has 0 saturated carbocycles. The number of carbonyl (C=O) groups excluding carboxylic acids is 2. The van der Waals surface area contributed by atoms with Gasteiger partial charge in [0.15, 0.2) is 0 Å². The highest BCUT2D eigenvalue weighted by Gasteiger charge is 2.11. The van der Waals surface area contributed by atoms with Crippen LogP contribution in [-0.4, -0.2) is 21.8 Å². The van der Waals surface area contributed by atoms with Crippen LogP contribution in [0.25, 0.3) is 0 Å². The first-order valence-corrected chi connectivity index (χ1v) is 8.83. The number of hydrogen-bond acceptors (Lipinski definition) is 5. The van der Waals surface area contributed by atoms with Gasteiger partial charge >= 0.3 is 0 Å². The first kappa shape index (κ1) is 19.3. The van der Waals surface area contributed by atoms with Gasteiger partial charge in [-0.2, -0.15) is 0 Å². The lowest BCUT2D eigenvalue weighted by Gasteiger charge is -2.10. The molecule has 0 aliphatic carbocycles. The smallest absolute Gasteiger partial charge is 0.274 e. The molecule has 28 heavy (non-hydrogen) atoms. The van der Waals surface area contributed by atoms with Crippen LogP contribution in [0.5, 0.6) is 0 Å². The molecule has 0 fully saturated rings. The third-order valence-corrected chi connectivity index (χ3v) is 4.05. The summed E-state index contributed by atoms with van der Waals surface area (Å²) in [5, 5.41) is 9.22. The second-order valence-electron chi connectivity index (χ2n) is 6.09. The zero-order valence-electron chi connectivity index (χ0n) is 15.3. The molecule has 7 nitrogen and oxygen atoms in total. The summed E-state index contributed by atoms with van der Waals surface area (Å²) in [5.74, 6) is -0.0137. The highest BCUT2D eigenvalue weighted by molar-refractivity contribution is 6.30. The fourth-order valence-corrected chi connectivity index (χ4v) is 2.72. The van der Waals surface area contributed by atoms with E-state index in [1.165, 1.54) is 13.3 Å². The summed E-state index contributed by atoms with van der Waals surface area (Å²) in [7, 11) is 0. The lowest BCUT2D eigenvalue weighted by atomic mass is 10.2. The number of rotatable bonds is 5. The standard InChI is InChI=1S/C20H18ClN5O2/c1-12-9-14(21)3-8-17(12)26-20(28)18-10-19(23-11-22-18)25-16-6-4-15(5-7-16)24-13(2)27/h3-11H,1-2H3,(H,24,27)(H,26,28)(H,22,23,25). The SMILES string of the molecule is CC(=O)Nc1ccc(Nc2cc(C(=O)Nc3ccc(Cl)cc3C)ncn2)cc1. The number of hydrogen-bond donors (Lipinski definition) is 3. The van der Waals surface area contributed by atoms with Gasteiger partial charge in [0.1, 0.15) is 17.8 Å². The molecule has 1 aromatic heterocycles. The average Bonchev–Trinajstić information content (AvgIpc) is 2.65. The molecule has 0 aliphatic heterocycles. The molecular weight excluding hydrogens is 378 g/mol. The number of nitrogens with zero attached hydrogens (tertiary/aromatic N) is 2. The van der Waals surface area contributed by atoms with E-state index in [4.69, 9.17) is 11.6 Å². The van der Waals surface area contributed by atoms with E-state index in [1.807, 2.05) is 6.92 Å². The number of aromatic nitrogens is 2. The van der Waals surface area contributed by atoms with Crippen molar-refractivity contribution in [3.8, 4) is 0 Å². The van der Waals surface area contributed by atoms with Crippen molar-refractivity contribution in [2.24, 2.45) is 0 Å². The Kier molecular flexibility index (Phi) is 5.86. The molecule has 3 rings (SSSR count). The van der Waals surface area contributed by atoms with Crippen LogP contribution in [0, 0.1) is 6.92 Å². The normalized spacial score (nSPS) is 10.2. The van der Waals surface area contributed by atoms with E-state index in [1.54, 1.807) is 48.5 Å². The van der Waals surface area contributed by atoms with E-state index >= 15 is 0 Å². The zero-order valence-corrected chi connectivity index (χ0v) is 16.0. The quantitative estimate of drug-likeness (QED) is 0.595. The molecule has 0 atom stereocenters. The van der Waals surface area contributed by atoms with Crippen molar-refractivity contribution in [2.45, 2.75) is 13.8 Å². The predicted octanol–water partition coefficient (Wildman–Crippen LogP) is 4.39. The van der Waals surface area contributed by atoms with Crippen LogP contribution in [-0.2, 0) is 4.79 Å². The third-order valence-electron chi connectivity index (χ3n) is 3.81. The molecule has 2 amide bonds. The van der Waals surface area contributed by atoms with E-state index in [0.717, 1.165) is 11.3 Å². The van der Waals surface area contributed by atoms with Crippen LogP contribution in [0.2, 0.25) is 5.02 Å². The fourth-order valence-electron chi connectivity index (χ4n) is 2.49. The maximum Gasteiger partial charge on any atom is 0.274 e. The van der Waals surface area contributed by atoms with Crippen LogP contribution in [0.3, 0.4) is 0 Å². The molecule has 0 radical (unpaired) electrons. The van der Waals surface area contributed by atoms with Crippen molar-refractivity contribution in [3.63, 3.8) is 0 Å². The highest BCUT2D eigenvalue weighted by atomic mass is 35.5. The topological polar surface area (TPSA) is 96.0 Å². The van der Waals surface area contributed by atoms with E-state index in [0.29, 0.717) is 22.2 Å². The Bertz CT molecular complexity index is 1020. The average molecular weight is 396 g/mol. The summed E-state index contributed by atoms with van der Waals surface area (Å²) in [6.07, 6.45) is 1.32. The summed E-state index contributed by atoms with van der Waals surface area (Å²) in [6, 6.07) is 13.9. The molecule has 142 valence electrons.